The van der Waals surface area contributed by atoms with Crippen molar-refractivity contribution in [3.05, 3.63) is 122 Å². The minimum atomic E-state index is -1.80. The van der Waals surface area contributed by atoms with E-state index in [1.807, 2.05) is 6.08 Å². The molecule has 2 fully saturated rings. The Balaban J connectivity index is 1.77. The molecule has 0 saturated carbocycles. The van der Waals surface area contributed by atoms with Crippen molar-refractivity contribution in [1.82, 2.24) is 5.32 Å². The molecule has 468 valence electrons. The second-order valence-electron chi connectivity index (χ2n) is 21.8. The number of unbranched alkanes of at least 4 members (excludes halogenated alkanes) is 18. The summed E-state index contributed by atoms with van der Waals surface area (Å²) in [5.41, 5.74) is 0. The van der Waals surface area contributed by atoms with Gasteiger partial charge < -0.3 is 65.1 Å². The zero-order chi connectivity index (χ0) is 59.5. The molecule has 9 N–H and O–H groups in total. The van der Waals surface area contributed by atoms with Gasteiger partial charge in [-0.15, -0.1) is 0 Å². The van der Waals surface area contributed by atoms with E-state index in [0.717, 1.165) is 89.9 Å². The number of hydrogen-bond acceptors (Lipinski definition) is 13. The Morgan fingerprint density at radius 1 is 0.451 bits per heavy atom. The fourth-order valence-electron chi connectivity index (χ4n) is 9.56. The second kappa shape index (κ2) is 51.8. The lowest BCUT2D eigenvalue weighted by atomic mass is 9.97. The molecular formula is C68H113NO13. The van der Waals surface area contributed by atoms with Crippen LogP contribution in [0.2, 0.25) is 0 Å². The van der Waals surface area contributed by atoms with Crippen molar-refractivity contribution in [2.24, 2.45) is 0 Å². The highest BCUT2D eigenvalue weighted by Gasteiger charge is 2.51. The minimum Gasteiger partial charge on any atom is -0.394 e. The SMILES string of the molecule is CC/C=C\C/C=C\C/C=C\C/C=C\C/C=C\C/C=C\C/C=C\C/C=C\CCCCCCC(=O)NC(COC1OC(CO)C(OC2OC(CO)C(O)C(O)C2O)C(O)C1O)C(O)/C=C/CC/C=C/CCCCCCCCCCCCCCC. The Kier molecular flexibility index (Phi) is 47.0. The Morgan fingerprint density at radius 2 is 0.854 bits per heavy atom. The van der Waals surface area contributed by atoms with Gasteiger partial charge in [0.1, 0.15) is 48.8 Å². The van der Waals surface area contributed by atoms with Gasteiger partial charge in [-0.25, -0.2) is 0 Å². The van der Waals surface area contributed by atoms with E-state index in [1.54, 1.807) is 6.08 Å². The minimum absolute atomic E-state index is 0.235. The molecular weight excluding hydrogens is 1040 g/mol. The van der Waals surface area contributed by atoms with E-state index in [2.05, 4.69) is 129 Å². The van der Waals surface area contributed by atoms with Crippen molar-refractivity contribution in [3.63, 3.8) is 0 Å². The number of carbonyl (C=O) groups excluding carboxylic acids is 1. The zero-order valence-electron chi connectivity index (χ0n) is 50.4. The highest BCUT2D eigenvalue weighted by atomic mass is 16.7. The van der Waals surface area contributed by atoms with E-state index < -0.39 is 86.8 Å². The van der Waals surface area contributed by atoms with Crippen LogP contribution in [-0.4, -0.2) is 140 Å². The quantitative estimate of drug-likeness (QED) is 0.0204. The Hall–Kier alpha value is -3.61. The lowest BCUT2D eigenvalue weighted by Crippen LogP contribution is -2.65. The maximum absolute atomic E-state index is 13.3. The number of rotatable bonds is 49. The number of amides is 1. The average molecular weight is 1150 g/mol. The van der Waals surface area contributed by atoms with Gasteiger partial charge in [0.2, 0.25) is 5.91 Å². The normalized spacial score (nSPS) is 24.8. The number of nitrogens with one attached hydrogen (secondary N) is 1. The van der Waals surface area contributed by atoms with Crippen molar-refractivity contribution in [1.29, 1.82) is 0 Å². The number of aliphatic hydroxyl groups is 8. The molecule has 0 aliphatic carbocycles. The molecule has 0 aromatic rings. The van der Waals surface area contributed by atoms with E-state index in [4.69, 9.17) is 18.9 Å². The first-order chi connectivity index (χ1) is 40.1. The number of allylic oxidation sites excluding steroid dienone is 19. The van der Waals surface area contributed by atoms with Crippen molar-refractivity contribution >= 4 is 5.91 Å². The van der Waals surface area contributed by atoms with Crippen LogP contribution in [0.25, 0.3) is 0 Å². The van der Waals surface area contributed by atoms with Crippen LogP contribution in [0.1, 0.15) is 206 Å². The van der Waals surface area contributed by atoms with E-state index in [9.17, 15) is 45.6 Å². The molecule has 2 heterocycles. The Morgan fingerprint density at radius 3 is 1.34 bits per heavy atom. The van der Waals surface area contributed by atoms with Gasteiger partial charge in [-0.2, -0.15) is 0 Å². The summed E-state index contributed by atoms with van der Waals surface area (Å²) in [7, 11) is 0. The Labute approximate surface area is 495 Å². The molecule has 2 aliphatic heterocycles. The van der Waals surface area contributed by atoms with Crippen molar-refractivity contribution in [3.8, 4) is 0 Å². The molecule has 0 bridgehead atoms. The number of carbonyl (C=O) groups is 1. The van der Waals surface area contributed by atoms with E-state index >= 15 is 0 Å². The average Bonchev–Trinajstić information content (AvgIpc) is 3.65. The summed E-state index contributed by atoms with van der Waals surface area (Å²) < 4.78 is 22.8. The summed E-state index contributed by atoms with van der Waals surface area (Å²) in [4.78, 5) is 13.3. The molecule has 14 nitrogen and oxygen atoms in total. The van der Waals surface area contributed by atoms with Crippen LogP contribution in [0, 0.1) is 0 Å². The first kappa shape index (κ1) is 74.5. The van der Waals surface area contributed by atoms with E-state index in [1.165, 1.54) is 83.5 Å². The largest absolute Gasteiger partial charge is 0.394 e. The molecule has 0 radical (unpaired) electrons. The summed E-state index contributed by atoms with van der Waals surface area (Å²) in [5, 5.41) is 87.2. The summed E-state index contributed by atoms with van der Waals surface area (Å²) >= 11 is 0. The lowest BCUT2D eigenvalue weighted by Gasteiger charge is -2.46. The third-order valence-corrected chi connectivity index (χ3v) is 14.6. The molecule has 0 aromatic heterocycles. The van der Waals surface area contributed by atoms with Crippen molar-refractivity contribution in [2.75, 3.05) is 19.8 Å². The van der Waals surface area contributed by atoms with E-state index in [-0.39, 0.29) is 18.9 Å². The highest BCUT2D eigenvalue weighted by molar-refractivity contribution is 5.76. The van der Waals surface area contributed by atoms with Gasteiger partial charge >= 0.3 is 0 Å². The smallest absolute Gasteiger partial charge is 0.220 e. The molecule has 12 atom stereocenters. The monoisotopic (exact) mass is 1150 g/mol. The van der Waals surface area contributed by atoms with Gasteiger partial charge in [-0.05, 0) is 96.3 Å². The predicted octanol–water partition coefficient (Wildman–Crippen LogP) is 11.8. The standard InChI is InChI=1S/C68H113NO13/c1-3-5-7-9-11-13-15-17-19-21-23-24-25-26-27-28-29-30-31-32-34-36-38-40-42-44-46-48-50-52-60(73)69-56(57(72)51-49-47-45-43-41-39-37-35-33-22-20-18-16-14-12-10-8-6-4-2)55-79-67-65(78)63(76)66(59(54-71)81-67)82-68-64(77)62(75)61(74)58(53-70)80-68/h5,7,11,13,17,19,23-24,26-27,29-30,32,34,38,40-41,43,49,51,56-59,61-68,70-72,74-78H,3-4,6,8-10,12,14-16,18,20-22,25,28,31,33,35-37,39,42,44-48,50,52-55H2,1-2H3,(H,69,73)/b7-5-,13-11-,19-17-,24-23-,27-26-,30-29-,34-32-,40-38-,43-41+,51-49+. The van der Waals surface area contributed by atoms with Gasteiger partial charge in [0.15, 0.2) is 12.6 Å². The fourth-order valence-corrected chi connectivity index (χ4v) is 9.56. The van der Waals surface area contributed by atoms with E-state index in [0.29, 0.717) is 12.8 Å². The summed E-state index contributed by atoms with van der Waals surface area (Å²) in [6.45, 7) is 2.64. The van der Waals surface area contributed by atoms with Crippen LogP contribution in [-0.2, 0) is 23.7 Å². The second-order valence-corrected chi connectivity index (χ2v) is 21.8. The highest BCUT2D eigenvalue weighted by Crippen LogP contribution is 2.30. The van der Waals surface area contributed by atoms with Gasteiger partial charge in [0.05, 0.1) is 32.0 Å². The maximum Gasteiger partial charge on any atom is 0.220 e. The third kappa shape index (κ3) is 36.3. The van der Waals surface area contributed by atoms with Crippen LogP contribution in [0.4, 0.5) is 0 Å². The first-order valence-corrected chi connectivity index (χ1v) is 31.8. The maximum atomic E-state index is 13.3. The van der Waals surface area contributed by atoms with Gasteiger partial charge in [-0.3, -0.25) is 4.79 Å². The molecule has 2 rings (SSSR count). The summed E-state index contributed by atoms with van der Waals surface area (Å²) in [5.74, 6) is -0.278. The Bertz CT molecular complexity index is 1840. The molecule has 2 saturated heterocycles. The van der Waals surface area contributed by atoms with Crippen LogP contribution < -0.4 is 5.32 Å². The molecule has 14 heteroatoms. The summed E-state index contributed by atoms with van der Waals surface area (Å²) in [6, 6.07) is -0.955. The topological polar surface area (TPSA) is 228 Å². The van der Waals surface area contributed by atoms with Gasteiger partial charge in [0, 0.05) is 6.42 Å². The first-order valence-electron chi connectivity index (χ1n) is 31.8. The van der Waals surface area contributed by atoms with Gasteiger partial charge in [-0.1, -0.05) is 225 Å². The van der Waals surface area contributed by atoms with Crippen LogP contribution in [0.5, 0.6) is 0 Å². The van der Waals surface area contributed by atoms with Crippen LogP contribution in [0.15, 0.2) is 122 Å². The lowest BCUT2D eigenvalue weighted by molar-refractivity contribution is -0.359. The van der Waals surface area contributed by atoms with Crippen molar-refractivity contribution in [2.45, 2.75) is 280 Å². The van der Waals surface area contributed by atoms with Gasteiger partial charge in [0.25, 0.3) is 0 Å². The molecule has 12 unspecified atom stereocenters. The third-order valence-electron chi connectivity index (χ3n) is 14.6. The molecule has 0 spiro atoms. The molecule has 2 aliphatic rings. The number of ether oxygens (including phenoxy) is 4. The predicted molar refractivity (Wildman–Crippen MR) is 332 cm³/mol. The number of aliphatic hydroxyl groups excluding tert-OH is 8. The molecule has 0 aromatic carbocycles. The van der Waals surface area contributed by atoms with Crippen LogP contribution >= 0.6 is 0 Å². The fraction of sp³-hybridized carbons (Fsp3) is 0.691. The zero-order valence-corrected chi connectivity index (χ0v) is 50.4. The summed E-state index contributed by atoms with van der Waals surface area (Å²) in [6.07, 6.45) is 58.0. The number of hydrogen-bond donors (Lipinski definition) is 9. The molecule has 82 heavy (non-hydrogen) atoms. The molecule has 1 amide bonds. The van der Waals surface area contributed by atoms with Crippen LogP contribution in [0.3, 0.4) is 0 Å². The van der Waals surface area contributed by atoms with Crippen molar-refractivity contribution < 1.29 is 64.6 Å².